The van der Waals surface area contributed by atoms with Gasteiger partial charge in [0.05, 0.1) is 4.92 Å². The van der Waals surface area contributed by atoms with E-state index in [2.05, 4.69) is 5.32 Å². The summed E-state index contributed by atoms with van der Waals surface area (Å²) in [5, 5.41) is 14.5. The van der Waals surface area contributed by atoms with Crippen molar-refractivity contribution in [2.45, 2.75) is 18.9 Å². The fraction of sp³-hybridized carbons (Fsp3) is 0.538. The molecule has 2 aliphatic rings. The van der Waals surface area contributed by atoms with Gasteiger partial charge in [0, 0.05) is 19.1 Å². The zero-order chi connectivity index (χ0) is 13.4. The second kappa shape index (κ2) is 4.77. The van der Waals surface area contributed by atoms with Gasteiger partial charge in [0.1, 0.15) is 5.69 Å². The Kier molecular flexibility index (Phi) is 3.10. The molecule has 2 fully saturated rings. The lowest BCUT2D eigenvalue weighted by atomic mass is 9.93. The number of benzene rings is 1. The molecule has 0 aromatic heterocycles. The van der Waals surface area contributed by atoms with Gasteiger partial charge in [-0.3, -0.25) is 10.1 Å². The van der Waals surface area contributed by atoms with Crippen molar-refractivity contribution >= 4 is 11.4 Å². The Morgan fingerprint density at radius 1 is 1.42 bits per heavy atom. The fourth-order valence-electron chi connectivity index (χ4n) is 3.21. The number of nitro benzene ring substituents is 1. The van der Waals surface area contributed by atoms with E-state index in [0.717, 1.165) is 38.5 Å². The van der Waals surface area contributed by atoms with Gasteiger partial charge in [-0.15, -0.1) is 0 Å². The van der Waals surface area contributed by atoms with Gasteiger partial charge in [-0.2, -0.15) is 4.39 Å². The first-order valence-corrected chi connectivity index (χ1v) is 6.58. The number of nitrogens with one attached hydrogen (secondary N) is 1. The number of anilines is 1. The van der Waals surface area contributed by atoms with Crippen LogP contribution in [-0.2, 0) is 0 Å². The lowest BCUT2D eigenvalue weighted by molar-refractivity contribution is -0.386. The maximum Gasteiger partial charge on any atom is 0.327 e. The summed E-state index contributed by atoms with van der Waals surface area (Å²) in [6.45, 7) is 2.51. The molecule has 19 heavy (non-hydrogen) atoms. The zero-order valence-electron chi connectivity index (χ0n) is 10.5. The van der Waals surface area contributed by atoms with Crippen molar-refractivity contribution in [3.8, 4) is 0 Å². The van der Waals surface area contributed by atoms with Gasteiger partial charge in [-0.25, -0.2) is 0 Å². The predicted octanol–water partition coefficient (Wildman–Crippen LogP) is 1.92. The van der Waals surface area contributed by atoms with Crippen LogP contribution in [0.2, 0.25) is 0 Å². The maximum atomic E-state index is 13.6. The maximum absolute atomic E-state index is 13.6. The standard InChI is InChI=1S/C13H16FN3O2/c14-10-2-1-3-12(13(10)17(18)19)16-7-5-11-9(8-16)4-6-15-11/h1-3,9,11,15H,4-8H2. The molecule has 0 spiro atoms. The number of halogens is 1. The van der Waals surface area contributed by atoms with Gasteiger partial charge in [0.25, 0.3) is 0 Å². The summed E-state index contributed by atoms with van der Waals surface area (Å²) in [6.07, 6.45) is 2.04. The molecule has 3 rings (SSSR count). The minimum Gasteiger partial charge on any atom is -0.365 e. The molecule has 0 bridgehead atoms. The Morgan fingerprint density at radius 2 is 2.26 bits per heavy atom. The number of hydrogen-bond donors (Lipinski definition) is 1. The molecule has 102 valence electrons. The molecular weight excluding hydrogens is 249 g/mol. The highest BCUT2D eigenvalue weighted by molar-refractivity contribution is 5.64. The molecule has 0 amide bonds. The zero-order valence-corrected chi connectivity index (χ0v) is 10.5. The van der Waals surface area contributed by atoms with Gasteiger partial charge < -0.3 is 10.2 Å². The molecule has 0 saturated carbocycles. The van der Waals surface area contributed by atoms with Gasteiger partial charge in [0.15, 0.2) is 0 Å². The molecule has 2 heterocycles. The van der Waals surface area contributed by atoms with Gasteiger partial charge in [-0.1, -0.05) is 6.07 Å². The van der Waals surface area contributed by atoms with E-state index in [1.165, 1.54) is 6.07 Å². The third-order valence-electron chi connectivity index (χ3n) is 4.14. The van der Waals surface area contributed by atoms with Crippen molar-refractivity contribution in [1.29, 1.82) is 0 Å². The Balaban J connectivity index is 1.90. The van der Waals surface area contributed by atoms with Crippen LogP contribution in [0.5, 0.6) is 0 Å². The van der Waals surface area contributed by atoms with E-state index in [9.17, 15) is 14.5 Å². The third-order valence-corrected chi connectivity index (χ3v) is 4.14. The first kappa shape index (κ1) is 12.3. The topological polar surface area (TPSA) is 58.4 Å². The van der Waals surface area contributed by atoms with Crippen LogP contribution in [0, 0.1) is 21.8 Å². The van der Waals surface area contributed by atoms with E-state index < -0.39 is 16.4 Å². The van der Waals surface area contributed by atoms with Crippen LogP contribution in [0.3, 0.4) is 0 Å². The third kappa shape index (κ3) is 2.16. The summed E-state index contributed by atoms with van der Waals surface area (Å²) in [7, 11) is 0. The number of nitro groups is 1. The molecular formula is C13H16FN3O2. The molecule has 6 heteroatoms. The highest BCUT2D eigenvalue weighted by Crippen LogP contribution is 2.35. The minimum atomic E-state index is -0.755. The van der Waals surface area contributed by atoms with Crippen molar-refractivity contribution < 1.29 is 9.31 Å². The highest BCUT2D eigenvalue weighted by atomic mass is 19.1. The molecule has 5 nitrogen and oxygen atoms in total. The smallest absolute Gasteiger partial charge is 0.327 e. The van der Waals surface area contributed by atoms with Crippen molar-refractivity contribution in [1.82, 2.24) is 5.32 Å². The van der Waals surface area contributed by atoms with Crippen molar-refractivity contribution in [3.05, 3.63) is 34.1 Å². The predicted molar refractivity (Wildman–Crippen MR) is 69.8 cm³/mol. The summed E-state index contributed by atoms with van der Waals surface area (Å²) in [5.41, 5.74) is 0.0160. The first-order chi connectivity index (χ1) is 9.16. The van der Waals surface area contributed by atoms with E-state index in [1.807, 2.05) is 4.90 Å². The molecule has 0 radical (unpaired) electrons. The second-order valence-electron chi connectivity index (χ2n) is 5.21. The quantitative estimate of drug-likeness (QED) is 0.655. The van der Waals surface area contributed by atoms with Crippen LogP contribution in [0.1, 0.15) is 12.8 Å². The Bertz CT molecular complexity index is 509. The number of para-hydroxylation sites is 1. The van der Waals surface area contributed by atoms with E-state index in [-0.39, 0.29) is 0 Å². The molecule has 1 aromatic carbocycles. The summed E-state index contributed by atoms with van der Waals surface area (Å²) in [5.74, 6) is -0.245. The number of hydrogen-bond acceptors (Lipinski definition) is 4. The average Bonchev–Trinajstić information content (AvgIpc) is 2.85. The van der Waals surface area contributed by atoms with E-state index in [4.69, 9.17) is 0 Å². The average molecular weight is 265 g/mol. The molecule has 2 saturated heterocycles. The van der Waals surface area contributed by atoms with Crippen LogP contribution in [-0.4, -0.2) is 30.6 Å². The van der Waals surface area contributed by atoms with Crippen LogP contribution in [0.15, 0.2) is 18.2 Å². The summed E-state index contributed by atoms with van der Waals surface area (Å²) in [6, 6.07) is 4.84. The van der Waals surface area contributed by atoms with E-state index in [1.54, 1.807) is 6.07 Å². The van der Waals surface area contributed by atoms with Crippen molar-refractivity contribution in [2.75, 3.05) is 24.5 Å². The van der Waals surface area contributed by atoms with E-state index >= 15 is 0 Å². The Morgan fingerprint density at radius 3 is 3.05 bits per heavy atom. The summed E-state index contributed by atoms with van der Waals surface area (Å²) < 4.78 is 13.6. The SMILES string of the molecule is O=[N+]([O-])c1c(F)cccc1N1CCC2NCCC2C1. The summed E-state index contributed by atoms with van der Waals surface area (Å²) in [4.78, 5) is 12.4. The second-order valence-corrected chi connectivity index (χ2v) is 5.21. The van der Waals surface area contributed by atoms with Gasteiger partial charge in [0.2, 0.25) is 5.82 Å². The fourth-order valence-corrected chi connectivity index (χ4v) is 3.21. The molecule has 2 unspecified atom stereocenters. The monoisotopic (exact) mass is 265 g/mol. The Labute approximate surface area is 110 Å². The lowest BCUT2D eigenvalue weighted by Gasteiger charge is -2.36. The largest absolute Gasteiger partial charge is 0.365 e. The van der Waals surface area contributed by atoms with Gasteiger partial charge >= 0.3 is 5.69 Å². The van der Waals surface area contributed by atoms with Crippen LogP contribution >= 0.6 is 0 Å². The number of piperidine rings is 1. The minimum absolute atomic E-state index is 0.396. The number of nitrogens with zero attached hydrogens (tertiary/aromatic N) is 2. The van der Waals surface area contributed by atoms with Crippen LogP contribution in [0.25, 0.3) is 0 Å². The van der Waals surface area contributed by atoms with Crippen molar-refractivity contribution in [2.24, 2.45) is 5.92 Å². The first-order valence-electron chi connectivity index (χ1n) is 6.58. The summed E-state index contributed by atoms with van der Waals surface area (Å²) >= 11 is 0. The normalized spacial score (nSPS) is 26.3. The lowest BCUT2D eigenvalue weighted by Crippen LogP contribution is -2.44. The highest BCUT2D eigenvalue weighted by Gasteiger charge is 2.35. The molecule has 1 N–H and O–H groups in total. The number of rotatable bonds is 2. The molecule has 1 aromatic rings. The van der Waals surface area contributed by atoms with Gasteiger partial charge in [-0.05, 0) is 37.4 Å². The van der Waals surface area contributed by atoms with Crippen molar-refractivity contribution in [3.63, 3.8) is 0 Å². The molecule has 2 atom stereocenters. The van der Waals surface area contributed by atoms with E-state index in [0.29, 0.717) is 17.6 Å². The van der Waals surface area contributed by atoms with Crippen LogP contribution in [0.4, 0.5) is 15.8 Å². The Hall–Kier alpha value is -1.69. The molecule has 0 aliphatic carbocycles. The van der Waals surface area contributed by atoms with Crippen LogP contribution < -0.4 is 10.2 Å². The molecule has 2 aliphatic heterocycles. The number of fused-ring (bicyclic) bond motifs is 1.